The first kappa shape index (κ1) is 23.9. The lowest BCUT2D eigenvalue weighted by Crippen LogP contribution is -2.12. The normalized spacial score (nSPS) is 11.7. The van der Waals surface area contributed by atoms with Crippen LogP contribution in [0, 0.1) is 0 Å². The summed E-state index contributed by atoms with van der Waals surface area (Å²) in [4.78, 5) is 2.36. The van der Waals surface area contributed by atoms with Crippen LogP contribution in [-0.4, -0.2) is 0 Å². The molecule has 0 fully saturated rings. The molecule has 0 spiro atoms. The van der Waals surface area contributed by atoms with Crippen LogP contribution in [0.15, 0.2) is 160 Å². The minimum atomic E-state index is 0.860. The van der Waals surface area contributed by atoms with Gasteiger partial charge in [0.25, 0.3) is 0 Å². The zero-order chi connectivity index (χ0) is 28.3. The Hall–Kier alpha value is -5.80. The first-order valence-corrected chi connectivity index (χ1v) is 14.5. The van der Waals surface area contributed by atoms with Gasteiger partial charge in [0.2, 0.25) is 0 Å². The fourth-order valence-corrected chi connectivity index (χ4v) is 6.60. The minimum Gasteiger partial charge on any atom is -0.456 e. The van der Waals surface area contributed by atoms with Crippen LogP contribution >= 0.6 is 0 Å². The molecule has 43 heavy (non-hydrogen) atoms. The Kier molecular flexibility index (Phi) is 5.20. The summed E-state index contributed by atoms with van der Waals surface area (Å²) in [6.45, 7) is 0. The molecule has 0 saturated heterocycles. The molecule has 0 aliphatic heterocycles. The predicted molar refractivity (Wildman–Crippen MR) is 179 cm³/mol. The number of anilines is 3. The van der Waals surface area contributed by atoms with Gasteiger partial charge in [-0.1, -0.05) is 115 Å². The molecule has 2 heterocycles. The van der Waals surface area contributed by atoms with E-state index in [0.29, 0.717) is 0 Å². The highest BCUT2D eigenvalue weighted by molar-refractivity contribution is 6.16. The van der Waals surface area contributed by atoms with E-state index in [9.17, 15) is 0 Å². The van der Waals surface area contributed by atoms with Crippen LogP contribution in [-0.2, 0) is 0 Å². The first-order chi connectivity index (χ1) is 21.3. The lowest BCUT2D eigenvalue weighted by molar-refractivity contribution is 0.668. The number of hydrogen-bond donors (Lipinski definition) is 0. The third kappa shape index (κ3) is 3.62. The van der Waals surface area contributed by atoms with E-state index < -0.39 is 0 Å². The molecule has 0 aliphatic carbocycles. The Morgan fingerprint density at radius 1 is 0.349 bits per heavy atom. The number of para-hydroxylation sites is 4. The summed E-state index contributed by atoms with van der Waals surface area (Å²) in [7, 11) is 0. The van der Waals surface area contributed by atoms with Crippen LogP contribution in [0.1, 0.15) is 0 Å². The summed E-state index contributed by atoms with van der Waals surface area (Å²) < 4.78 is 12.9. The molecule has 3 nitrogen and oxygen atoms in total. The van der Waals surface area contributed by atoms with Gasteiger partial charge in [-0.2, -0.15) is 0 Å². The fraction of sp³-hybridized carbons (Fsp3) is 0. The van der Waals surface area contributed by atoms with Crippen molar-refractivity contribution in [3.05, 3.63) is 152 Å². The van der Waals surface area contributed by atoms with Gasteiger partial charge in [0.05, 0.1) is 17.1 Å². The molecule has 0 unspecified atom stereocenters. The van der Waals surface area contributed by atoms with Gasteiger partial charge in [0.15, 0.2) is 5.58 Å². The molecule has 0 atom stereocenters. The quantitative estimate of drug-likeness (QED) is 0.218. The predicted octanol–water partition coefficient (Wildman–Crippen LogP) is 11.8. The van der Waals surface area contributed by atoms with E-state index in [4.69, 9.17) is 8.83 Å². The van der Waals surface area contributed by atoms with Gasteiger partial charge in [0, 0.05) is 32.5 Å². The molecule has 0 aliphatic rings. The van der Waals surface area contributed by atoms with Gasteiger partial charge in [-0.25, -0.2) is 0 Å². The highest BCUT2D eigenvalue weighted by atomic mass is 16.3. The molecule has 9 rings (SSSR count). The summed E-state index contributed by atoms with van der Waals surface area (Å²) in [6.07, 6.45) is 0. The molecule has 0 radical (unpaired) electrons. The van der Waals surface area contributed by atoms with E-state index in [2.05, 4.69) is 132 Å². The Labute approximate surface area is 247 Å². The molecular weight excluding hydrogens is 526 g/mol. The first-order valence-electron chi connectivity index (χ1n) is 14.5. The van der Waals surface area contributed by atoms with E-state index in [1.54, 1.807) is 0 Å². The SMILES string of the molecule is c1ccc(N(c2cccc3ccccc23)c2cccc3c2oc2ccccc23)c(-c2cccc3oc4ccccc4c23)c1. The van der Waals surface area contributed by atoms with Crippen molar-refractivity contribution in [3.8, 4) is 11.1 Å². The van der Waals surface area contributed by atoms with Crippen LogP contribution < -0.4 is 4.90 Å². The Morgan fingerprint density at radius 2 is 0.907 bits per heavy atom. The Balaban J connectivity index is 1.40. The van der Waals surface area contributed by atoms with Gasteiger partial charge >= 0.3 is 0 Å². The summed E-state index contributed by atoms with van der Waals surface area (Å²) >= 11 is 0. The number of furan rings is 2. The smallest absolute Gasteiger partial charge is 0.159 e. The lowest BCUT2D eigenvalue weighted by Gasteiger charge is -2.29. The Bertz CT molecular complexity index is 2480. The van der Waals surface area contributed by atoms with E-state index in [1.807, 2.05) is 24.3 Å². The maximum Gasteiger partial charge on any atom is 0.159 e. The summed E-state index contributed by atoms with van der Waals surface area (Å²) in [5, 5.41) is 6.78. The maximum atomic E-state index is 6.62. The van der Waals surface area contributed by atoms with Gasteiger partial charge in [0.1, 0.15) is 16.7 Å². The van der Waals surface area contributed by atoms with Crippen LogP contribution in [0.25, 0.3) is 65.8 Å². The number of fused-ring (bicyclic) bond motifs is 7. The fourth-order valence-electron chi connectivity index (χ4n) is 6.60. The largest absolute Gasteiger partial charge is 0.456 e. The van der Waals surface area contributed by atoms with Gasteiger partial charge < -0.3 is 13.7 Å². The molecular formula is C40H25NO2. The van der Waals surface area contributed by atoms with E-state index >= 15 is 0 Å². The van der Waals surface area contributed by atoms with Crippen molar-refractivity contribution in [2.75, 3.05) is 4.90 Å². The van der Waals surface area contributed by atoms with E-state index in [1.165, 1.54) is 10.8 Å². The highest BCUT2D eigenvalue weighted by Gasteiger charge is 2.24. The van der Waals surface area contributed by atoms with Crippen molar-refractivity contribution in [3.63, 3.8) is 0 Å². The molecule has 9 aromatic rings. The van der Waals surface area contributed by atoms with Crippen LogP contribution in [0.3, 0.4) is 0 Å². The maximum absolute atomic E-state index is 6.62. The standard InChI is InChI=1S/C40H25NO2/c1-2-14-27-26(12-1)13-9-21-33(27)41(35-22-10-19-31-29-16-4-7-23-36(29)43-40(31)35)34-20-6-3-15-28(34)30-18-11-25-38-39(30)32-17-5-8-24-37(32)42-38/h1-25H. The third-order valence-electron chi connectivity index (χ3n) is 8.47. The molecule has 2 aromatic heterocycles. The number of hydrogen-bond acceptors (Lipinski definition) is 3. The summed E-state index contributed by atoms with van der Waals surface area (Å²) in [5.74, 6) is 0. The average molecular weight is 552 g/mol. The number of nitrogens with zero attached hydrogens (tertiary/aromatic N) is 1. The number of benzene rings is 7. The second-order valence-corrected chi connectivity index (χ2v) is 10.9. The van der Waals surface area contributed by atoms with Crippen LogP contribution in [0.4, 0.5) is 17.1 Å². The van der Waals surface area contributed by atoms with Gasteiger partial charge in [-0.15, -0.1) is 0 Å². The number of rotatable bonds is 4. The molecule has 3 heteroatoms. The second-order valence-electron chi connectivity index (χ2n) is 10.9. The zero-order valence-corrected chi connectivity index (χ0v) is 23.2. The average Bonchev–Trinajstić information content (AvgIpc) is 3.64. The zero-order valence-electron chi connectivity index (χ0n) is 23.2. The molecule has 0 N–H and O–H groups in total. The Morgan fingerprint density at radius 3 is 1.81 bits per heavy atom. The van der Waals surface area contributed by atoms with Crippen LogP contribution in [0.2, 0.25) is 0 Å². The molecule has 202 valence electrons. The van der Waals surface area contributed by atoms with Gasteiger partial charge in [-0.3, -0.25) is 0 Å². The van der Waals surface area contributed by atoms with Crippen molar-refractivity contribution < 1.29 is 8.83 Å². The molecule has 7 aromatic carbocycles. The molecule has 0 bridgehead atoms. The van der Waals surface area contributed by atoms with Crippen molar-refractivity contribution >= 4 is 71.7 Å². The summed E-state index contributed by atoms with van der Waals surface area (Å²) in [5.41, 5.74) is 8.88. The van der Waals surface area contributed by atoms with Crippen LogP contribution in [0.5, 0.6) is 0 Å². The van der Waals surface area contributed by atoms with Crippen molar-refractivity contribution in [2.24, 2.45) is 0 Å². The molecule has 0 amide bonds. The van der Waals surface area contributed by atoms with Crippen molar-refractivity contribution in [1.29, 1.82) is 0 Å². The summed E-state index contributed by atoms with van der Waals surface area (Å²) in [6, 6.07) is 53.0. The highest BCUT2D eigenvalue weighted by Crippen LogP contribution is 2.48. The van der Waals surface area contributed by atoms with Gasteiger partial charge in [-0.05, 0) is 47.3 Å². The van der Waals surface area contributed by atoms with Crippen molar-refractivity contribution in [1.82, 2.24) is 0 Å². The topological polar surface area (TPSA) is 29.5 Å². The van der Waals surface area contributed by atoms with E-state index in [-0.39, 0.29) is 0 Å². The monoisotopic (exact) mass is 551 g/mol. The second kappa shape index (κ2) is 9.37. The molecule has 0 saturated carbocycles. The minimum absolute atomic E-state index is 0.860. The van der Waals surface area contributed by atoms with Crippen molar-refractivity contribution in [2.45, 2.75) is 0 Å². The third-order valence-corrected chi connectivity index (χ3v) is 8.47. The lowest BCUT2D eigenvalue weighted by atomic mass is 9.96. The van der Waals surface area contributed by atoms with E-state index in [0.717, 1.165) is 72.1 Å².